The van der Waals surface area contributed by atoms with Gasteiger partial charge in [0.15, 0.2) is 0 Å². The van der Waals surface area contributed by atoms with Gasteiger partial charge < -0.3 is 10.3 Å². The molecule has 3 aromatic rings. The molecule has 0 aliphatic carbocycles. The summed E-state index contributed by atoms with van der Waals surface area (Å²) in [6.45, 7) is 0.464. The molecule has 0 spiro atoms. The molecule has 7 nitrogen and oxygen atoms in total. The van der Waals surface area contributed by atoms with Crippen molar-refractivity contribution >= 4 is 17.3 Å². The van der Waals surface area contributed by atoms with Crippen LogP contribution in [-0.4, -0.2) is 25.2 Å². The second kappa shape index (κ2) is 5.02. The van der Waals surface area contributed by atoms with E-state index in [0.29, 0.717) is 12.5 Å². The quantitative estimate of drug-likeness (QED) is 0.741. The molecule has 0 amide bonds. The predicted octanol–water partition coefficient (Wildman–Crippen LogP) is 1.02. The topological polar surface area (TPSA) is 88.5 Å². The van der Waals surface area contributed by atoms with E-state index in [4.69, 9.17) is 0 Å². The van der Waals surface area contributed by atoms with Gasteiger partial charge in [0.05, 0.1) is 12.2 Å². The van der Waals surface area contributed by atoms with Gasteiger partial charge in [-0.05, 0) is 22.6 Å². The van der Waals surface area contributed by atoms with Crippen LogP contribution in [0.2, 0.25) is 0 Å². The first kappa shape index (κ1) is 11.6. The Balaban J connectivity index is 1.79. The van der Waals surface area contributed by atoms with Crippen LogP contribution in [0.5, 0.6) is 0 Å². The van der Waals surface area contributed by atoms with E-state index < -0.39 is 0 Å². The molecule has 0 bridgehead atoms. The highest BCUT2D eigenvalue weighted by atomic mass is 32.1. The van der Waals surface area contributed by atoms with Crippen LogP contribution in [0.3, 0.4) is 0 Å². The molecular weight excluding hydrogens is 264 g/mol. The summed E-state index contributed by atoms with van der Waals surface area (Å²) in [7, 11) is 0. The Kier molecular flexibility index (Phi) is 3.07. The number of benzene rings is 1. The van der Waals surface area contributed by atoms with Crippen molar-refractivity contribution in [3.63, 3.8) is 0 Å². The lowest BCUT2D eigenvalue weighted by Gasteiger charge is -2.05. The fourth-order valence-electron chi connectivity index (χ4n) is 1.62. The van der Waals surface area contributed by atoms with Gasteiger partial charge in [0.2, 0.25) is 5.95 Å². The smallest absolute Gasteiger partial charge is 0.304 e. The van der Waals surface area contributed by atoms with Gasteiger partial charge in [0.1, 0.15) is 0 Å². The maximum Gasteiger partial charge on any atom is 0.304 e. The van der Waals surface area contributed by atoms with Gasteiger partial charge in [0.25, 0.3) is 0 Å². The summed E-state index contributed by atoms with van der Waals surface area (Å²) in [4.78, 5) is 13.7. The fourth-order valence-corrected chi connectivity index (χ4v) is 2.20. The van der Waals surface area contributed by atoms with E-state index in [1.165, 1.54) is 0 Å². The SMILES string of the molecule is O=c1[nH]c(CNc2nnnn2-c2ccccc2)cs1. The number of aromatic nitrogens is 5. The lowest BCUT2D eigenvalue weighted by atomic mass is 10.3. The number of hydrogen-bond acceptors (Lipinski definition) is 6. The van der Waals surface area contributed by atoms with E-state index in [1.54, 1.807) is 10.1 Å². The normalized spacial score (nSPS) is 10.5. The Morgan fingerprint density at radius 3 is 2.89 bits per heavy atom. The maximum atomic E-state index is 11.0. The molecule has 2 aromatic heterocycles. The molecule has 0 aliphatic rings. The second-order valence-corrected chi connectivity index (χ2v) is 4.62. The summed E-state index contributed by atoms with van der Waals surface area (Å²) < 4.78 is 1.60. The summed E-state index contributed by atoms with van der Waals surface area (Å²) in [6, 6.07) is 9.58. The number of tetrazole rings is 1. The monoisotopic (exact) mass is 274 g/mol. The van der Waals surface area contributed by atoms with Crippen LogP contribution in [0, 0.1) is 0 Å². The predicted molar refractivity (Wildman–Crippen MR) is 71.4 cm³/mol. The minimum absolute atomic E-state index is 0.0700. The van der Waals surface area contributed by atoms with Gasteiger partial charge in [-0.15, -0.1) is 0 Å². The van der Waals surface area contributed by atoms with Crippen molar-refractivity contribution in [3.8, 4) is 5.69 Å². The Bertz CT molecular complexity index is 716. The highest BCUT2D eigenvalue weighted by Gasteiger charge is 2.07. The van der Waals surface area contributed by atoms with E-state index >= 15 is 0 Å². The number of aromatic amines is 1. The zero-order chi connectivity index (χ0) is 13.1. The van der Waals surface area contributed by atoms with Gasteiger partial charge in [-0.1, -0.05) is 34.6 Å². The van der Waals surface area contributed by atoms with Crippen molar-refractivity contribution in [2.75, 3.05) is 5.32 Å². The molecule has 0 saturated carbocycles. The van der Waals surface area contributed by atoms with Gasteiger partial charge in [0, 0.05) is 11.1 Å². The molecule has 2 heterocycles. The lowest BCUT2D eigenvalue weighted by molar-refractivity contribution is 0.789. The van der Waals surface area contributed by atoms with Gasteiger partial charge in [-0.3, -0.25) is 4.79 Å². The summed E-state index contributed by atoms with van der Waals surface area (Å²) in [5, 5.41) is 16.3. The van der Waals surface area contributed by atoms with Crippen LogP contribution in [0.1, 0.15) is 5.69 Å². The highest BCUT2D eigenvalue weighted by Crippen LogP contribution is 2.11. The molecule has 0 radical (unpaired) electrons. The average Bonchev–Trinajstić information content (AvgIpc) is 3.06. The van der Waals surface area contributed by atoms with Crippen LogP contribution in [0.15, 0.2) is 40.5 Å². The average molecular weight is 274 g/mol. The van der Waals surface area contributed by atoms with Crippen LogP contribution in [-0.2, 0) is 6.54 Å². The van der Waals surface area contributed by atoms with Crippen LogP contribution in [0.4, 0.5) is 5.95 Å². The Labute approximate surface area is 111 Å². The van der Waals surface area contributed by atoms with Crippen LogP contribution < -0.4 is 10.2 Å². The van der Waals surface area contributed by atoms with Gasteiger partial charge >= 0.3 is 4.87 Å². The van der Waals surface area contributed by atoms with Crippen LogP contribution >= 0.6 is 11.3 Å². The number of hydrogen-bond donors (Lipinski definition) is 2. The molecule has 1 aromatic carbocycles. The molecule has 0 fully saturated rings. The third kappa shape index (κ3) is 2.52. The van der Waals surface area contributed by atoms with Crippen molar-refractivity contribution in [1.82, 2.24) is 25.2 Å². The molecule has 3 rings (SSSR count). The summed E-state index contributed by atoms with van der Waals surface area (Å²) in [5.74, 6) is 0.526. The Morgan fingerprint density at radius 2 is 2.16 bits per heavy atom. The Morgan fingerprint density at radius 1 is 1.32 bits per heavy atom. The number of para-hydroxylation sites is 1. The molecule has 0 unspecified atom stereocenters. The molecule has 96 valence electrons. The largest absolute Gasteiger partial charge is 0.347 e. The molecule has 8 heteroatoms. The van der Waals surface area contributed by atoms with Crippen molar-refractivity contribution < 1.29 is 0 Å². The molecular formula is C11H10N6OS. The first-order valence-electron chi connectivity index (χ1n) is 5.57. The standard InChI is InChI=1S/C11H10N6OS/c18-11-13-8(7-19-11)6-12-10-14-15-16-17(10)9-4-2-1-3-5-9/h1-5,7H,6H2,(H,13,18)(H,12,14,16). The summed E-state index contributed by atoms with van der Waals surface area (Å²) in [5.41, 5.74) is 1.67. The minimum Gasteiger partial charge on any atom is -0.347 e. The number of nitrogens with zero attached hydrogens (tertiary/aromatic N) is 4. The number of anilines is 1. The summed E-state index contributed by atoms with van der Waals surface area (Å²) in [6.07, 6.45) is 0. The van der Waals surface area contributed by atoms with E-state index in [1.807, 2.05) is 30.3 Å². The van der Waals surface area contributed by atoms with Crippen molar-refractivity contribution in [2.24, 2.45) is 0 Å². The molecule has 2 N–H and O–H groups in total. The zero-order valence-corrected chi connectivity index (χ0v) is 10.6. The van der Waals surface area contributed by atoms with E-state index in [-0.39, 0.29) is 4.87 Å². The molecule has 19 heavy (non-hydrogen) atoms. The number of nitrogens with one attached hydrogen (secondary N) is 2. The van der Waals surface area contributed by atoms with E-state index in [9.17, 15) is 4.79 Å². The molecule has 0 saturated heterocycles. The zero-order valence-electron chi connectivity index (χ0n) is 9.78. The number of rotatable bonds is 4. The third-order valence-corrected chi connectivity index (χ3v) is 3.20. The second-order valence-electron chi connectivity index (χ2n) is 3.78. The first-order valence-corrected chi connectivity index (χ1v) is 6.45. The van der Waals surface area contributed by atoms with Gasteiger partial charge in [-0.2, -0.15) is 4.68 Å². The maximum absolute atomic E-state index is 11.0. The third-order valence-electron chi connectivity index (χ3n) is 2.48. The molecule has 0 atom stereocenters. The van der Waals surface area contributed by atoms with E-state index in [2.05, 4.69) is 25.8 Å². The van der Waals surface area contributed by atoms with Gasteiger partial charge in [-0.25, -0.2) is 0 Å². The van der Waals surface area contributed by atoms with Crippen molar-refractivity contribution in [3.05, 3.63) is 51.1 Å². The highest BCUT2D eigenvalue weighted by molar-refractivity contribution is 7.07. The van der Waals surface area contributed by atoms with Crippen molar-refractivity contribution in [1.29, 1.82) is 0 Å². The van der Waals surface area contributed by atoms with Crippen LogP contribution in [0.25, 0.3) is 5.69 Å². The first-order chi connectivity index (χ1) is 9.33. The molecule has 0 aliphatic heterocycles. The Hall–Kier alpha value is -2.48. The lowest BCUT2D eigenvalue weighted by Crippen LogP contribution is -2.08. The van der Waals surface area contributed by atoms with E-state index in [0.717, 1.165) is 22.7 Å². The van der Waals surface area contributed by atoms with Crippen molar-refractivity contribution in [2.45, 2.75) is 6.54 Å². The number of thiazole rings is 1. The summed E-state index contributed by atoms with van der Waals surface area (Å²) >= 11 is 1.13. The fraction of sp³-hybridized carbons (Fsp3) is 0.0909. The minimum atomic E-state index is -0.0700. The number of H-pyrrole nitrogens is 1.